The van der Waals surface area contributed by atoms with Gasteiger partial charge in [-0.1, -0.05) is 0 Å². The topological polar surface area (TPSA) is 122 Å². The van der Waals surface area contributed by atoms with E-state index in [1.54, 1.807) is 0 Å². The summed E-state index contributed by atoms with van der Waals surface area (Å²) in [4.78, 5) is 10.4. The van der Waals surface area contributed by atoms with Crippen LogP contribution in [0.25, 0.3) is 0 Å². The zero-order chi connectivity index (χ0) is 14.1. The maximum atomic E-state index is 12.1. The molecule has 0 bridgehead atoms. The predicted octanol–water partition coefficient (Wildman–Crippen LogP) is -0.839. The first-order valence-electron chi connectivity index (χ1n) is 5.76. The van der Waals surface area contributed by atoms with Crippen molar-refractivity contribution >= 4 is 16.0 Å². The van der Waals surface area contributed by atoms with Gasteiger partial charge in [0.05, 0.1) is 18.3 Å². The first-order chi connectivity index (χ1) is 8.87. The summed E-state index contributed by atoms with van der Waals surface area (Å²) in [6, 6.07) is 0. The molecule has 8 nitrogen and oxygen atoms in total. The van der Waals surface area contributed by atoms with E-state index in [1.807, 2.05) is 0 Å². The zero-order valence-electron chi connectivity index (χ0n) is 10.1. The van der Waals surface area contributed by atoms with Crippen molar-refractivity contribution in [2.45, 2.75) is 36.2 Å². The number of nitrogens with one attached hydrogen (secondary N) is 1. The van der Waals surface area contributed by atoms with Crippen LogP contribution in [0.1, 0.15) is 19.3 Å². The van der Waals surface area contributed by atoms with Crippen molar-refractivity contribution in [2.24, 2.45) is 0 Å². The smallest absolute Gasteiger partial charge is 0.325 e. The number of aromatic nitrogens is 2. The highest BCUT2D eigenvalue weighted by Crippen LogP contribution is 2.32. The Bertz CT molecular complexity index is 570. The van der Waals surface area contributed by atoms with E-state index in [0.717, 1.165) is 23.5 Å². The summed E-state index contributed by atoms with van der Waals surface area (Å²) in [5.41, 5.74) is -0.784. The molecule has 1 aliphatic rings. The number of sulfonamides is 1. The minimum atomic E-state index is -3.79. The third kappa shape index (κ3) is 2.94. The van der Waals surface area contributed by atoms with Gasteiger partial charge in [0.2, 0.25) is 10.0 Å². The van der Waals surface area contributed by atoms with Gasteiger partial charge in [-0.05, 0) is 19.3 Å². The first-order valence-corrected chi connectivity index (χ1v) is 7.24. The van der Waals surface area contributed by atoms with Gasteiger partial charge in [0.1, 0.15) is 11.4 Å². The summed E-state index contributed by atoms with van der Waals surface area (Å²) in [6.07, 6.45) is 4.29. The van der Waals surface area contributed by atoms with Crippen molar-refractivity contribution in [3.05, 3.63) is 12.4 Å². The molecule has 2 rings (SSSR count). The van der Waals surface area contributed by atoms with Crippen molar-refractivity contribution in [3.8, 4) is 0 Å². The van der Waals surface area contributed by atoms with Crippen LogP contribution >= 0.6 is 0 Å². The second-order valence-corrected chi connectivity index (χ2v) is 6.35. The summed E-state index contributed by atoms with van der Waals surface area (Å²) >= 11 is 0. The molecular formula is C10H15N3O5S. The SMILES string of the molecule is O=C(O)Cn1cc(S(=O)(=O)NC2(CO)CCC2)cn1. The fourth-order valence-corrected chi connectivity index (χ4v) is 3.35. The molecule has 0 aromatic carbocycles. The van der Waals surface area contributed by atoms with Crippen molar-refractivity contribution < 1.29 is 23.4 Å². The van der Waals surface area contributed by atoms with Crippen molar-refractivity contribution in [1.82, 2.24) is 14.5 Å². The Labute approximate surface area is 110 Å². The van der Waals surface area contributed by atoms with Crippen molar-refractivity contribution in [2.75, 3.05) is 6.61 Å². The molecule has 1 aromatic rings. The van der Waals surface area contributed by atoms with Crippen molar-refractivity contribution in [3.63, 3.8) is 0 Å². The van der Waals surface area contributed by atoms with Crippen LogP contribution in [-0.4, -0.2) is 46.5 Å². The van der Waals surface area contributed by atoms with E-state index in [-0.39, 0.29) is 11.5 Å². The number of aliphatic hydroxyl groups excluding tert-OH is 1. The Balaban J connectivity index is 2.15. The van der Waals surface area contributed by atoms with E-state index in [0.29, 0.717) is 12.8 Å². The third-order valence-electron chi connectivity index (χ3n) is 3.18. The summed E-state index contributed by atoms with van der Waals surface area (Å²) in [6.45, 7) is -0.657. The van der Waals surface area contributed by atoms with Gasteiger partial charge < -0.3 is 10.2 Å². The average molecular weight is 289 g/mol. The second-order valence-electron chi connectivity index (χ2n) is 4.66. The first kappa shape index (κ1) is 14.0. The number of aliphatic carboxylic acids is 1. The van der Waals surface area contributed by atoms with E-state index < -0.39 is 28.1 Å². The van der Waals surface area contributed by atoms with Gasteiger partial charge in [-0.15, -0.1) is 0 Å². The van der Waals surface area contributed by atoms with Gasteiger partial charge in [-0.2, -0.15) is 5.10 Å². The highest BCUT2D eigenvalue weighted by atomic mass is 32.2. The molecule has 1 saturated carbocycles. The lowest BCUT2D eigenvalue weighted by Crippen LogP contribution is -2.55. The van der Waals surface area contributed by atoms with Crippen LogP contribution in [0.5, 0.6) is 0 Å². The fraction of sp³-hybridized carbons (Fsp3) is 0.600. The predicted molar refractivity (Wildman–Crippen MR) is 63.9 cm³/mol. The van der Waals surface area contributed by atoms with E-state index in [2.05, 4.69) is 9.82 Å². The maximum Gasteiger partial charge on any atom is 0.325 e. The molecule has 0 unspecified atom stereocenters. The summed E-state index contributed by atoms with van der Waals surface area (Å²) in [5.74, 6) is -1.11. The Kier molecular flexibility index (Phi) is 3.61. The number of aliphatic hydroxyl groups is 1. The molecule has 0 radical (unpaired) electrons. The highest BCUT2D eigenvalue weighted by molar-refractivity contribution is 7.89. The van der Waals surface area contributed by atoms with E-state index >= 15 is 0 Å². The summed E-state index contributed by atoms with van der Waals surface area (Å²) in [5, 5.41) is 21.5. The largest absolute Gasteiger partial charge is 0.480 e. The Hall–Kier alpha value is -1.45. The molecule has 0 saturated heterocycles. The standard InChI is InChI=1S/C10H15N3O5S/c14-7-10(2-1-3-10)12-19(17,18)8-4-11-13(5-8)6-9(15)16/h4-5,12,14H,1-3,6-7H2,(H,15,16). The van der Waals surface area contributed by atoms with Gasteiger partial charge in [-0.3, -0.25) is 9.48 Å². The van der Waals surface area contributed by atoms with Crippen LogP contribution in [0.4, 0.5) is 0 Å². The summed E-state index contributed by atoms with van der Waals surface area (Å²) < 4.78 is 27.6. The minimum Gasteiger partial charge on any atom is -0.480 e. The molecule has 1 aliphatic carbocycles. The molecule has 1 heterocycles. The highest BCUT2D eigenvalue weighted by Gasteiger charge is 2.40. The number of carboxylic acids is 1. The number of nitrogens with zero attached hydrogens (tertiary/aromatic N) is 2. The van der Waals surface area contributed by atoms with Crippen LogP contribution < -0.4 is 4.72 Å². The minimum absolute atomic E-state index is 0.103. The Morgan fingerprint density at radius 3 is 2.68 bits per heavy atom. The third-order valence-corrected chi connectivity index (χ3v) is 4.71. The zero-order valence-corrected chi connectivity index (χ0v) is 10.9. The molecule has 0 amide bonds. The molecule has 0 spiro atoms. The number of hydrogen-bond donors (Lipinski definition) is 3. The van der Waals surface area contributed by atoms with E-state index in [9.17, 15) is 18.3 Å². The molecule has 106 valence electrons. The molecular weight excluding hydrogens is 274 g/mol. The molecule has 0 atom stereocenters. The molecule has 19 heavy (non-hydrogen) atoms. The van der Waals surface area contributed by atoms with Crippen LogP contribution in [0.3, 0.4) is 0 Å². The average Bonchev–Trinajstić information content (AvgIpc) is 2.72. The monoisotopic (exact) mass is 289 g/mol. The van der Waals surface area contributed by atoms with Gasteiger partial charge in [0, 0.05) is 6.20 Å². The van der Waals surface area contributed by atoms with Crippen LogP contribution in [0, 0.1) is 0 Å². The van der Waals surface area contributed by atoms with Gasteiger partial charge in [0.25, 0.3) is 0 Å². The normalized spacial score (nSPS) is 17.9. The number of rotatable bonds is 6. The van der Waals surface area contributed by atoms with Gasteiger partial charge in [-0.25, -0.2) is 13.1 Å². The van der Waals surface area contributed by atoms with Crippen LogP contribution in [0.2, 0.25) is 0 Å². The Morgan fingerprint density at radius 1 is 1.53 bits per heavy atom. The lowest BCUT2D eigenvalue weighted by Gasteiger charge is -2.40. The number of hydrogen-bond acceptors (Lipinski definition) is 5. The summed E-state index contributed by atoms with van der Waals surface area (Å²) in [7, 11) is -3.79. The number of carbonyl (C=O) groups is 1. The van der Waals surface area contributed by atoms with Crippen LogP contribution in [-0.2, 0) is 21.4 Å². The molecule has 9 heteroatoms. The van der Waals surface area contributed by atoms with Gasteiger partial charge in [0.15, 0.2) is 0 Å². The van der Waals surface area contributed by atoms with E-state index in [4.69, 9.17) is 5.11 Å². The lowest BCUT2D eigenvalue weighted by atomic mass is 9.78. The van der Waals surface area contributed by atoms with Crippen LogP contribution in [0.15, 0.2) is 17.3 Å². The fourth-order valence-electron chi connectivity index (χ4n) is 1.95. The maximum absolute atomic E-state index is 12.1. The Morgan fingerprint density at radius 2 is 2.21 bits per heavy atom. The van der Waals surface area contributed by atoms with Crippen molar-refractivity contribution in [1.29, 1.82) is 0 Å². The second kappa shape index (κ2) is 4.91. The molecule has 1 aromatic heterocycles. The number of carboxylic acid groups (broad SMARTS) is 1. The molecule has 1 fully saturated rings. The quantitative estimate of drug-likeness (QED) is 0.628. The van der Waals surface area contributed by atoms with E-state index in [1.165, 1.54) is 0 Å². The van der Waals surface area contributed by atoms with Gasteiger partial charge >= 0.3 is 5.97 Å². The lowest BCUT2D eigenvalue weighted by molar-refractivity contribution is -0.137. The molecule has 0 aliphatic heterocycles. The molecule has 3 N–H and O–H groups in total.